The molecule has 0 aliphatic heterocycles. The van der Waals surface area contributed by atoms with E-state index >= 15 is 0 Å². The van der Waals surface area contributed by atoms with Crippen LogP contribution < -0.4 is 5.32 Å². The molecule has 1 aliphatic rings. The van der Waals surface area contributed by atoms with Gasteiger partial charge in [-0.15, -0.1) is 0 Å². The fraction of sp³-hybridized carbons (Fsp3) is 0.273. The van der Waals surface area contributed by atoms with Crippen molar-refractivity contribution in [2.24, 2.45) is 0 Å². The first-order chi connectivity index (χ1) is 12.8. The lowest BCUT2D eigenvalue weighted by atomic mass is 10.1. The van der Waals surface area contributed by atoms with Crippen molar-refractivity contribution in [1.29, 1.82) is 0 Å². The lowest BCUT2D eigenvalue weighted by molar-refractivity contribution is -0.121. The van der Waals surface area contributed by atoms with Crippen LogP contribution in [0.2, 0.25) is 0 Å². The van der Waals surface area contributed by atoms with Crippen molar-refractivity contribution in [3.8, 4) is 0 Å². The molecule has 0 spiro atoms. The number of benzene rings is 2. The van der Waals surface area contributed by atoms with Crippen LogP contribution in [0.3, 0.4) is 0 Å². The van der Waals surface area contributed by atoms with Gasteiger partial charge in [0, 0.05) is 11.4 Å². The van der Waals surface area contributed by atoms with Crippen LogP contribution in [0.5, 0.6) is 0 Å². The van der Waals surface area contributed by atoms with Crippen LogP contribution in [0.1, 0.15) is 36.5 Å². The standard InChI is InChI=1S/C22H22N2OS/c25-22(23-18-11-5-6-12-18)21(17-9-2-1-3-10-17)26-20-15-14-16-8-4-7-13-19(16)24-20/h1-4,7-10,13-15,18,21H,5-6,11-12H2,(H,23,25)/t21-/m1/s1. The SMILES string of the molecule is O=C(NC1CCCC1)[C@H](Sc1ccc2ccccc2n1)c1ccccc1. The van der Waals surface area contributed by atoms with Gasteiger partial charge in [0.25, 0.3) is 0 Å². The molecular formula is C22H22N2OS. The molecule has 3 aromatic rings. The number of fused-ring (bicyclic) bond motifs is 1. The van der Waals surface area contributed by atoms with Gasteiger partial charge in [-0.25, -0.2) is 4.98 Å². The third-order valence-electron chi connectivity index (χ3n) is 4.85. The third-order valence-corrected chi connectivity index (χ3v) is 6.04. The number of aromatic nitrogens is 1. The number of thioether (sulfide) groups is 1. The first kappa shape index (κ1) is 17.1. The minimum absolute atomic E-state index is 0.0862. The van der Waals surface area contributed by atoms with Crippen LogP contribution >= 0.6 is 11.8 Å². The van der Waals surface area contributed by atoms with Gasteiger partial charge in [0.1, 0.15) is 5.25 Å². The van der Waals surface area contributed by atoms with E-state index in [0.717, 1.165) is 34.3 Å². The number of hydrogen-bond acceptors (Lipinski definition) is 3. The molecule has 1 aromatic heterocycles. The lowest BCUT2D eigenvalue weighted by Gasteiger charge is -2.20. The Hall–Kier alpha value is -2.33. The van der Waals surface area contributed by atoms with E-state index in [4.69, 9.17) is 4.98 Å². The number of pyridine rings is 1. The summed E-state index contributed by atoms with van der Waals surface area (Å²) in [4.78, 5) is 17.7. The van der Waals surface area contributed by atoms with Gasteiger partial charge in [-0.2, -0.15) is 0 Å². The average molecular weight is 362 g/mol. The van der Waals surface area contributed by atoms with Crippen molar-refractivity contribution >= 4 is 28.6 Å². The zero-order valence-corrected chi connectivity index (χ0v) is 15.4. The summed E-state index contributed by atoms with van der Waals surface area (Å²) in [5.41, 5.74) is 1.98. The lowest BCUT2D eigenvalue weighted by Crippen LogP contribution is -2.35. The number of nitrogens with zero attached hydrogens (tertiary/aromatic N) is 1. The summed E-state index contributed by atoms with van der Waals surface area (Å²) in [7, 11) is 0. The van der Waals surface area contributed by atoms with Crippen molar-refractivity contribution < 1.29 is 4.79 Å². The van der Waals surface area contributed by atoms with Crippen molar-refractivity contribution in [1.82, 2.24) is 10.3 Å². The molecule has 1 aliphatic carbocycles. The van der Waals surface area contributed by atoms with Gasteiger partial charge in [0.15, 0.2) is 0 Å². The number of hydrogen-bond donors (Lipinski definition) is 1. The number of nitrogens with one attached hydrogen (secondary N) is 1. The minimum atomic E-state index is -0.287. The van der Waals surface area contributed by atoms with E-state index in [1.54, 1.807) is 0 Å². The highest BCUT2D eigenvalue weighted by Gasteiger charge is 2.26. The van der Waals surface area contributed by atoms with E-state index in [1.807, 2.05) is 54.6 Å². The number of carbonyl (C=O) groups is 1. The number of para-hydroxylation sites is 1. The molecule has 1 fully saturated rings. The Bertz CT molecular complexity index is 891. The molecule has 1 atom stereocenters. The number of amides is 1. The summed E-state index contributed by atoms with van der Waals surface area (Å²) in [6.45, 7) is 0. The van der Waals surface area contributed by atoms with Crippen molar-refractivity contribution in [3.05, 3.63) is 72.3 Å². The summed E-state index contributed by atoms with van der Waals surface area (Å²) in [6, 6.07) is 22.5. The van der Waals surface area contributed by atoms with E-state index in [-0.39, 0.29) is 11.2 Å². The topological polar surface area (TPSA) is 42.0 Å². The first-order valence-corrected chi connectivity index (χ1v) is 10.1. The summed E-state index contributed by atoms with van der Waals surface area (Å²) in [6.07, 6.45) is 4.60. The molecule has 0 saturated heterocycles. The van der Waals surface area contributed by atoms with Crippen LogP contribution in [0.25, 0.3) is 10.9 Å². The second-order valence-corrected chi connectivity index (χ2v) is 7.87. The summed E-state index contributed by atoms with van der Waals surface area (Å²) in [5, 5.41) is 4.95. The van der Waals surface area contributed by atoms with Crippen LogP contribution in [0, 0.1) is 0 Å². The molecule has 26 heavy (non-hydrogen) atoms. The molecule has 4 heteroatoms. The second-order valence-electron chi connectivity index (χ2n) is 6.74. The fourth-order valence-electron chi connectivity index (χ4n) is 3.48. The van der Waals surface area contributed by atoms with Crippen LogP contribution in [-0.2, 0) is 4.79 Å². The van der Waals surface area contributed by atoms with Gasteiger partial charge in [-0.1, -0.05) is 79.2 Å². The van der Waals surface area contributed by atoms with Gasteiger partial charge in [-0.05, 0) is 30.5 Å². The molecule has 1 N–H and O–H groups in total. The van der Waals surface area contributed by atoms with Crippen LogP contribution in [0.15, 0.2) is 71.8 Å². The van der Waals surface area contributed by atoms with E-state index in [1.165, 1.54) is 24.6 Å². The molecule has 3 nitrogen and oxygen atoms in total. The molecule has 1 heterocycles. The highest BCUT2D eigenvalue weighted by atomic mass is 32.2. The Labute approximate surface area is 158 Å². The maximum Gasteiger partial charge on any atom is 0.238 e. The predicted octanol–water partition coefficient (Wildman–Crippen LogP) is 5.13. The first-order valence-electron chi connectivity index (χ1n) is 9.17. The fourth-order valence-corrected chi connectivity index (χ4v) is 4.49. The normalized spacial score (nSPS) is 15.8. The number of carbonyl (C=O) groups excluding carboxylic acids is 1. The molecule has 0 unspecified atom stereocenters. The van der Waals surface area contributed by atoms with Crippen molar-refractivity contribution in [2.45, 2.75) is 42.0 Å². The van der Waals surface area contributed by atoms with Gasteiger partial charge in [-0.3, -0.25) is 4.79 Å². The quantitative estimate of drug-likeness (QED) is 0.640. The maximum atomic E-state index is 13.0. The molecular weight excluding hydrogens is 340 g/mol. The van der Waals surface area contributed by atoms with E-state index in [9.17, 15) is 4.79 Å². The molecule has 0 bridgehead atoms. The second kappa shape index (κ2) is 7.92. The Balaban J connectivity index is 1.60. The Morgan fingerprint density at radius 1 is 0.962 bits per heavy atom. The van der Waals surface area contributed by atoms with Gasteiger partial charge in [0.05, 0.1) is 10.5 Å². The van der Waals surface area contributed by atoms with Gasteiger partial charge in [0.2, 0.25) is 5.91 Å². The Morgan fingerprint density at radius 2 is 1.69 bits per heavy atom. The van der Waals surface area contributed by atoms with Gasteiger partial charge < -0.3 is 5.32 Å². The smallest absolute Gasteiger partial charge is 0.238 e. The molecule has 2 aromatic carbocycles. The van der Waals surface area contributed by atoms with Crippen molar-refractivity contribution in [3.63, 3.8) is 0 Å². The summed E-state index contributed by atoms with van der Waals surface area (Å²) in [5.74, 6) is 0.0862. The van der Waals surface area contributed by atoms with Gasteiger partial charge >= 0.3 is 0 Å². The predicted molar refractivity (Wildman–Crippen MR) is 107 cm³/mol. The van der Waals surface area contributed by atoms with E-state index in [0.29, 0.717) is 6.04 Å². The zero-order chi connectivity index (χ0) is 17.8. The van der Waals surface area contributed by atoms with Crippen molar-refractivity contribution in [2.75, 3.05) is 0 Å². The Kier molecular flexibility index (Phi) is 5.21. The monoisotopic (exact) mass is 362 g/mol. The number of rotatable bonds is 5. The van der Waals surface area contributed by atoms with Crippen LogP contribution in [0.4, 0.5) is 0 Å². The zero-order valence-electron chi connectivity index (χ0n) is 14.6. The summed E-state index contributed by atoms with van der Waals surface area (Å²) < 4.78 is 0. The summed E-state index contributed by atoms with van der Waals surface area (Å²) >= 11 is 1.52. The van der Waals surface area contributed by atoms with Crippen LogP contribution in [-0.4, -0.2) is 16.9 Å². The maximum absolute atomic E-state index is 13.0. The molecule has 4 rings (SSSR count). The highest BCUT2D eigenvalue weighted by molar-refractivity contribution is 8.00. The average Bonchev–Trinajstić information content (AvgIpc) is 3.19. The molecule has 1 saturated carbocycles. The largest absolute Gasteiger partial charge is 0.352 e. The minimum Gasteiger partial charge on any atom is -0.352 e. The van der Waals surface area contributed by atoms with E-state index < -0.39 is 0 Å². The highest BCUT2D eigenvalue weighted by Crippen LogP contribution is 2.35. The molecule has 1 amide bonds. The molecule has 0 radical (unpaired) electrons. The van der Waals surface area contributed by atoms with E-state index in [2.05, 4.69) is 17.4 Å². The Morgan fingerprint density at radius 3 is 2.50 bits per heavy atom. The third kappa shape index (κ3) is 3.91. The molecule has 132 valence electrons.